The van der Waals surface area contributed by atoms with E-state index in [2.05, 4.69) is 32.1 Å². The predicted octanol–water partition coefficient (Wildman–Crippen LogP) is 4.84. The van der Waals surface area contributed by atoms with Gasteiger partial charge in [0.1, 0.15) is 17.1 Å². The summed E-state index contributed by atoms with van der Waals surface area (Å²) in [5.41, 5.74) is 3.42. The Labute approximate surface area is 231 Å². The van der Waals surface area contributed by atoms with Crippen LogP contribution in [0.4, 0.5) is 13.2 Å². The zero-order valence-corrected chi connectivity index (χ0v) is 22.6. The van der Waals surface area contributed by atoms with Crippen LogP contribution < -0.4 is 5.48 Å². The topological polar surface area (TPSA) is 116 Å². The van der Waals surface area contributed by atoms with E-state index in [0.29, 0.717) is 10.7 Å². The van der Waals surface area contributed by atoms with Crippen molar-refractivity contribution in [1.82, 2.24) is 34.6 Å². The second kappa shape index (κ2) is 10.2. The highest BCUT2D eigenvalue weighted by atomic mass is 35.5. The molecule has 0 bridgehead atoms. The van der Waals surface area contributed by atoms with Crippen molar-refractivity contribution in [2.45, 2.75) is 24.7 Å². The number of hydrogen-bond donors (Lipinski definition) is 1. The lowest BCUT2D eigenvalue weighted by molar-refractivity contribution is -0.141. The van der Waals surface area contributed by atoms with Crippen LogP contribution >= 0.6 is 11.6 Å². The largest absolute Gasteiger partial charge is 0.433 e. The molecule has 40 heavy (non-hydrogen) atoms. The van der Waals surface area contributed by atoms with E-state index in [4.69, 9.17) is 16.4 Å². The molecule has 0 aliphatic rings. The quantitative estimate of drug-likeness (QED) is 0.255. The molecule has 0 saturated heterocycles. The minimum atomic E-state index is -4.67. The summed E-state index contributed by atoms with van der Waals surface area (Å²) in [4.78, 5) is 17.7. The number of hydroxylamine groups is 1. The maximum absolute atomic E-state index is 13.3. The highest BCUT2D eigenvalue weighted by Gasteiger charge is 2.34. The van der Waals surface area contributed by atoms with E-state index < -0.39 is 21.7 Å². The molecule has 0 spiro atoms. The third kappa shape index (κ3) is 5.00. The first-order chi connectivity index (χ1) is 18.9. The zero-order chi connectivity index (χ0) is 28.8. The Balaban J connectivity index is 1.60. The lowest BCUT2D eigenvalue weighted by Gasteiger charge is -2.11. The van der Waals surface area contributed by atoms with E-state index in [1.807, 2.05) is 0 Å². The van der Waals surface area contributed by atoms with Crippen molar-refractivity contribution in [3.8, 4) is 11.4 Å². The van der Waals surface area contributed by atoms with Crippen molar-refractivity contribution in [2.24, 2.45) is 7.05 Å². The van der Waals surface area contributed by atoms with Gasteiger partial charge in [-0.15, -0.1) is 0 Å². The van der Waals surface area contributed by atoms with Crippen LogP contribution in [0.5, 0.6) is 0 Å². The fraction of sp³-hybridized carbons (Fsp3) is 0.200. The van der Waals surface area contributed by atoms with Crippen LogP contribution in [0.25, 0.3) is 33.8 Å². The van der Waals surface area contributed by atoms with Crippen LogP contribution in [-0.4, -0.2) is 43.3 Å². The zero-order valence-electron chi connectivity index (χ0n) is 21.1. The van der Waals surface area contributed by atoms with Gasteiger partial charge in [-0.25, -0.2) is 27.9 Å². The normalized spacial score (nSPS) is 12.3. The molecule has 0 fully saturated rings. The van der Waals surface area contributed by atoms with E-state index in [9.17, 15) is 21.6 Å². The average Bonchev–Trinajstić information content (AvgIpc) is 3.47. The number of rotatable bonds is 8. The van der Waals surface area contributed by atoms with E-state index in [-0.39, 0.29) is 51.2 Å². The Hall–Kier alpha value is -4.01. The van der Waals surface area contributed by atoms with Gasteiger partial charge >= 0.3 is 6.18 Å². The summed E-state index contributed by atoms with van der Waals surface area (Å²) in [5, 5.41) is 4.60. The molecule has 1 N–H and O–H groups in total. The molecule has 0 aliphatic heterocycles. The average molecular weight is 592 g/mol. The Morgan fingerprint density at radius 1 is 1.18 bits per heavy atom. The molecule has 4 aromatic heterocycles. The number of hydrogen-bond acceptors (Lipinski definition) is 8. The van der Waals surface area contributed by atoms with Crippen LogP contribution in [0.2, 0.25) is 5.02 Å². The van der Waals surface area contributed by atoms with Crippen molar-refractivity contribution >= 4 is 43.8 Å². The monoisotopic (exact) mass is 591 g/mol. The second-order valence-corrected chi connectivity index (χ2v) is 11.3. The number of aromatic nitrogens is 6. The van der Waals surface area contributed by atoms with Crippen LogP contribution in [0.1, 0.15) is 23.9 Å². The maximum Gasteiger partial charge on any atom is 0.433 e. The van der Waals surface area contributed by atoms with Crippen molar-refractivity contribution in [2.75, 3.05) is 5.75 Å². The Morgan fingerprint density at radius 3 is 2.58 bits per heavy atom. The molecule has 0 radical (unpaired) electrons. The van der Waals surface area contributed by atoms with E-state index in [1.54, 1.807) is 37.4 Å². The number of fused-ring (bicyclic) bond motifs is 2. The molecule has 1 aromatic carbocycles. The van der Waals surface area contributed by atoms with Gasteiger partial charge in [-0.05, 0) is 29.8 Å². The number of nitrogens with zero attached hydrogens (tertiary/aromatic N) is 6. The summed E-state index contributed by atoms with van der Waals surface area (Å²) >= 11 is 5.91. The van der Waals surface area contributed by atoms with Gasteiger partial charge in [0, 0.05) is 18.3 Å². The Morgan fingerprint density at radius 2 is 1.90 bits per heavy atom. The van der Waals surface area contributed by atoms with Gasteiger partial charge in [-0.3, -0.25) is 10.3 Å². The van der Waals surface area contributed by atoms with Crippen molar-refractivity contribution in [1.29, 1.82) is 0 Å². The van der Waals surface area contributed by atoms with E-state index >= 15 is 0 Å². The predicted molar refractivity (Wildman–Crippen MR) is 142 cm³/mol. The molecular weight excluding hydrogens is 571 g/mol. The number of pyridine rings is 1. The number of alkyl halides is 3. The highest BCUT2D eigenvalue weighted by molar-refractivity contribution is 7.91. The first-order valence-electron chi connectivity index (χ1n) is 11.7. The summed E-state index contributed by atoms with van der Waals surface area (Å²) in [6.45, 7) is 5.60. The van der Waals surface area contributed by atoms with Crippen LogP contribution in [-0.2, 0) is 34.5 Å². The van der Waals surface area contributed by atoms with Crippen molar-refractivity contribution in [3.05, 3.63) is 77.3 Å². The molecule has 0 unspecified atom stereocenters. The molecule has 0 amide bonds. The van der Waals surface area contributed by atoms with Gasteiger partial charge in [0.25, 0.3) is 0 Å². The molecular formula is C25H21ClF3N7O3S. The minimum absolute atomic E-state index is 0.0168. The summed E-state index contributed by atoms with van der Waals surface area (Å²) in [5.74, 6) is -0.229. The summed E-state index contributed by atoms with van der Waals surface area (Å²) in [7, 11) is -2.39. The number of halogens is 4. The van der Waals surface area contributed by atoms with Crippen LogP contribution in [0.3, 0.4) is 0 Å². The SMILES string of the molecule is C=C(NOCc1ccc(Cl)cc1)c1ccnc2c(-c3nc4cc(C(F)(F)F)ncc4n3C)c(S(=O)(=O)CC)nn12. The van der Waals surface area contributed by atoms with Gasteiger partial charge in [-0.1, -0.05) is 37.2 Å². The second-order valence-electron chi connectivity index (χ2n) is 8.70. The molecule has 10 nitrogen and oxygen atoms in total. The lowest BCUT2D eigenvalue weighted by Crippen LogP contribution is -2.15. The van der Waals surface area contributed by atoms with Crippen molar-refractivity contribution < 1.29 is 26.4 Å². The smallest absolute Gasteiger partial charge is 0.326 e. The van der Waals surface area contributed by atoms with Gasteiger partial charge in [0.05, 0.1) is 41.0 Å². The molecule has 208 valence electrons. The van der Waals surface area contributed by atoms with Crippen molar-refractivity contribution in [3.63, 3.8) is 0 Å². The Bertz CT molecular complexity index is 1870. The summed E-state index contributed by atoms with van der Waals surface area (Å²) in [6, 6.07) is 9.40. The third-order valence-electron chi connectivity index (χ3n) is 6.10. The number of aryl methyl sites for hydroxylation is 1. The number of imidazole rings is 1. The molecule has 0 atom stereocenters. The van der Waals surface area contributed by atoms with Gasteiger partial charge in [-0.2, -0.15) is 18.3 Å². The van der Waals surface area contributed by atoms with E-state index in [0.717, 1.165) is 17.8 Å². The highest BCUT2D eigenvalue weighted by Crippen LogP contribution is 2.35. The molecule has 0 aliphatic carbocycles. The first-order valence-corrected chi connectivity index (χ1v) is 13.8. The standard InChI is InChI=1S/C25H21ClF3N7O3S/c1-4-40(37,38)24-21(23-32-17-11-20(25(27,28)29)31-12-19(17)35(23)3)22-30-10-9-18(36(22)33-24)14(2)34-39-13-15-5-7-16(26)8-6-15/h5-12,34H,2,4,13H2,1,3H3. The fourth-order valence-corrected chi connectivity index (χ4v) is 5.11. The van der Waals surface area contributed by atoms with Crippen LogP contribution in [0, 0.1) is 0 Å². The number of benzene rings is 1. The molecule has 5 rings (SSSR count). The van der Waals surface area contributed by atoms with Gasteiger partial charge in [0.15, 0.2) is 20.5 Å². The van der Waals surface area contributed by atoms with E-state index in [1.165, 1.54) is 22.2 Å². The van der Waals surface area contributed by atoms with Gasteiger partial charge in [0.2, 0.25) is 0 Å². The first kappa shape index (κ1) is 27.6. The third-order valence-corrected chi connectivity index (χ3v) is 7.99. The minimum Gasteiger partial charge on any atom is -0.326 e. The fourth-order valence-electron chi connectivity index (χ4n) is 4.01. The number of nitrogens with one attached hydrogen (secondary N) is 1. The molecule has 0 saturated carbocycles. The van der Waals surface area contributed by atoms with Crippen LogP contribution in [0.15, 0.2) is 60.4 Å². The number of sulfone groups is 1. The summed E-state index contributed by atoms with van der Waals surface area (Å²) < 4.78 is 68.8. The maximum atomic E-state index is 13.3. The van der Waals surface area contributed by atoms with Gasteiger partial charge < -0.3 is 4.57 Å². The molecule has 5 aromatic rings. The lowest BCUT2D eigenvalue weighted by atomic mass is 10.2. The summed E-state index contributed by atoms with van der Waals surface area (Å²) in [6.07, 6.45) is -2.21. The Kier molecular flexibility index (Phi) is 7.02. The molecule has 4 heterocycles. The molecule has 15 heteroatoms.